The number of benzene rings is 1. The first-order chi connectivity index (χ1) is 6.09. The quantitative estimate of drug-likeness (QED) is 0.681. The van der Waals surface area contributed by atoms with E-state index in [2.05, 4.69) is 57.1 Å². The van der Waals surface area contributed by atoms with Gasteiger partial charge in [0.25, 0.3) is 0 Å². The van der Waals surface area contributed by atoms with Crippen molar-refractivity contribution in [1.29, 1.82) is 0 Å². The standard InChI is InChI=1S/C11H17NS/c1-9(2)13-11-7-5-6-10(8-11)12(3)4/h5-9H,1-4H3. The normalized spacial score (nSPS) is 10.5. The van der Waals surface area contributed by atoms with E-state index in [0.717, 1.165) is 0 Å². The van der Waals surface area contributed by atoms with Gasteiger partial charge in [0.1, 0.15) is 0 Å². The van der Waals surface area contributed by atoms with Crippen molar-refractivity contribution in [3.05, 3.63) is 24.3 Å². The summed E-state index contributed by atoms with van der Waals surface area (Å²) in [6.07, 6.45) is 0. The van der Waals surface area contributed by atoms with Crippen LogP contribution in [0.4, 0.5) is 5.69 Å². The van der Waals surface area contributed by atoms with Gasteiger partial charge in [-0.2, -0.15) is 0 Å². The minimum absolute atomic E-state index is 0.650. The van der Waals surface area contributed by atoms with Gasteiger partial charge in [0.05, 0.1) is 0 Å². The molecule has 0 fully saturated rings. The van der Waals surface area contributed by atoms with E-state index in [-0.39, 0.29) is 0 Å². The van der Waals surface area contributed by atoms with Crippen LogP contribution in [0.2, 0.25) is 0 Å². The molecule has 0 aliphatic carbocycles. The zero-order valence-corrected chi connectivity index (χ0v) is 9.56. The summed E-state index contributed by atoms with van der Waals surface area (Å²) in [4.78, 5) is 3.48. The monoisotopic (exact) mass is 195 g/mol. The van der Waals surface area contributed by atoms with E-state index in [9.17, 15) is 0 Å². The minimum Gasteiger partial charge on any atom is -0.378 e. The van der Waals surface area contributed by atoms with Gasteiger partial charge in [0.15, 0.2) is 0 Å². The number of nitrogens with zero attached hydrogens (tertiary/aromatic N) is 1. The zero-order chi connectivity index (χ0) is 9.84. The Labute approximate surface area is 85.1 Å². The topological polar surface area (TPSA) is 3.24 Å². The van der Waals surface area contributed by atoms with E-state index in [1.807, 2.05) is 11.8 Å². The van der Waals surface area contributed by atoms with E-state index >= 15 is 0 Å². The number of thioether (sulfide) groups is 1. The van der Waals surface area contributed by atoms with E-state index in [4.69, 9.17) is 0 Å². The van der Waals surface area contributed by atoms with Crippen LogP contribution in [0.5, 0.6) is 0 Å². The third-order valence-corrected chi connectivity index (χ3v) is 2.70. The van der Waals surface area contributed by atoms with Gasteiger partial charge in [-0.25, -0.2) is 0 Å². The van der Waals surface area contributed by atoms with Crippen LogP contribution in [0.25, 0.3) is 0 Å². The fraction of sp³-hybridized carbons (Fsp3) is 0.455. The average molecular weight is 195 g/mol. The second-order valence-electron chi connectivity index (χ2n) is 3.56. The second kappa shape index (κ2) is 4.56. The van der Waals surface area contributed by atoms with Crippen molar-refractivity contribution in [3.63, 3.8) is 0 Å². The lowest BCUT2D eigenvalue weighted by atomic mass is 10.3. The maximum Gasteiger partial charge on any atom is 0.0372 e. The van der Waals surface area contributed by atoms with Crippen LogP contribution >= 0.6 is 11.8 Å². The predicted octanol–water partition coefficient (Wildman–Crippen LogP) is 3.25. The first-order valence-electron chi connectivity index (χ1n) is 4.53. The van der Waals surface area contributed by atoms with E-state index < -0.39 is 0 Å². The Morgan fingerprint density at radius 3 is 2.46 bits per heavy atom. The molecule has 0 aliphatic rings. The van der Waals surface area contributed by atoms with Crippen LogP contribution in [0.15, 0.2) is 29.2 Å². The molecule has 0 saturated heterocycles. The summed E-state index contributed by atoms with van der Waals surface area (Å²) in [5.41, 5.74) is 1.27. The van der Waals surface area contributed by atoms with Crippen molar-refractivity contribution < 1.29 is 0 Å². The number of rotatable bonds is 3. The van der Waals surface area contributed by atoms with Gasteiger partial charge in [-0.1, -0.05) is 19.9 Å². The van der Waals surface area contributed by atoms with Crippen LogP contribution < -0.4 is 4.90 Å². The fourth-order valence-electron chi connectivity index (χ4n) is 1.11. The highest BCUT2D eigenvalue weighted by atomic mass is 32.2. The third kappa shape index (κ3) is 3.31. The van der Waals surface area contributed by atoms with Gasteiger partial charge in [0, 0.05) is 29.9 Å². The summed E-state index contributed by atoms with van der Waals surface area (Å²) < 4.78 is 0. The summed E-state index contributed by atoms with van der Waals surface area (Å²) in [5, 5.41) is 0.650. The molecule has 0 unspecified atom stereocenters. The summed E-state index contributed by atoms with van der Waals surface area (Å²) in [6, 6.07) is 8.63. The summed E-state index contributed by atoms with van der Waals surface area (Å²) in [5.74, 6) is 0. The molecule has 1 nitrogen and oxygen atoms in total. The highest BCUT2D eigenvalue weighted by Crippen LogP contribution is 2.25. The molecular formula is C11H17NS. The van der Waals surface area contributed by atoms with Gasteiger partial charge in [-0.05, 0) is 18.2 Å². The summed E-state index contributed by atoms with van der Waals surface area (Å²) in [7, 11) is 4.14. The molecule has 0 aliphatic heterocycles. The molecule has 1 rings (SSSR count). The highest BCUT2D eigenvalue weighted by molar-refractivity contribution is 7.99. The Hall–Kier alpha value is -0.630. The molecule has 0 N–H and O–H groups in total. The molecular weight excluding hydrogens is 178 g/mol. The Morgan fingerprint density at radius 2 is 1.92 bits per heavy atom. The van der Waals surface area contributed by atoms with Crippen LogP contribution in [0.1, 0.15) is 13.8 Å². The van der Waals surface area contributed by atoms with Crippen LogP contribution in [-0.4, -0.2) is 19.3 Å². The number of hydrogen-bond acceptors (Lipinski definition) is 2. The maximum atomic E-state index is 2.23. The zero-order valence-electron chi connectivity index (χ0n) is 8.74. The molecule has 72 valence electrons. The summed E-state index contributed by atoms with van der Waals surface area (Å²) >= 11 is 1.90. The minimum atomic E-state index is 0.650. The third-order valence-electron chi connectivity index (χ3n) is 1.71. The Kier molecular flexibility index (Phi) is 3.67. The first kappa shape index (κ1) is 10.5. The van der Waals surface area contributed by atoms with Gasteiger partial charge >= 0.3 is 0 Å². The molecule has 1 aromatic rings. The van der Waals surface area contributed by atoms with Crippen molar-refractivity contribution in [2.75, 3.05) is 19.0 Å². The van der Waals surface area contributed by atoms with Crippen molar-refractivity contribution in [3.8, 4) is 0 Å². The van der Waals surface area contributed by atoms with Gasteiger partial charge in [0.2, 0.25) is 0 Å². The molecule has 2 heteroatoms. The van der Waals surface area contributed by atoms with Crippen molar-refractivity contribution in [2.45, 2.75) is 24.0 Å². The molecule has 0 radical (unpaired) electrons. The Bertz CT molecular complexity index is 269. The largest absolute Gasteiger partial charge is 0.378 e. The molecule has 0 spiro atoms. The van der Waals surface area contributed by atoms with Crippen molar-refractivity contribution in [2.24, 2.45) is 0 Å². The lowest BCUT2D eigenvalue weighted by molar-refractivity contribution is 1.10. The van der Waals surface area contributed by atoms with Crippen molar-refractivity contribution >= 4 is 17.4 Å². The van der Waals surface area contributed by atoms with E-state index in [1.54, 1.807) is 0 Å². The molecule has 0 aromatic heterocycles. The lowest BCUT2D eigenvalue weighted by Gasteiger charge is -2.13. The molecule has 0 saturated carbocycles. The molecule has 0 bridgehead atoms. The molecule has 0 heterocycles. The molecule has 1 aromatic carbocycles. The number of anilines is 1. The average Bonchev–Trinajstić information content (AvgIpc) is 2.03. The van der Waals surface area contributed by atoms with Crippen LogP contribution in [0, 0.1) is 0 Å². The first-order valence-corrected chi connectivity index (χ1v) is 5.41. The van der Waals surface area contributed by atoms with Gasteiger partial charge in [-0.3, -0.25) is 0 Å². The lowest BCUT2D eigenvalue weighted by Crippen LogP contribution is -2.08. The Balaban J connectivity index is 2.79. The molecule has 13 heavy (non-hydrogen) atoms. The Morgan fingerprint density at radius 1 is 1.23 bits per heavy atom. The molecule has 0 atom stereocenters. The summed E-state index contributed by atoms with van der Waals surface area (Å²) in [6.45, 7) is 4.43. The highest BCUT2D eigenvalue weighted by Gasteiger charge is 2.00. The maximum absolute atomic E-state index is 2.23. The van der Waals surface area contributed by atoms with Crippen LogP contribution in [0.3, 0.4) is 0 Å². The van der Waals surface area contributed by atoms with Gasteiger partial charge < -0.3 is 4.90 Å². The second-order valence-corrected chi connectivity index (χ2v) is 5.21. The van der Waals surface area contributed by atoms with E-state index in [1.165, 1.54) is 10.6 Å². The smallest absolute Gasteiger partial charge is 0.0372 e. The predicted molar refractivity (Wildman–Crippen MR) is 61.8 cm³/mol. The van der Waals surface area contributed by atoms with Gasteiger partial charge in [-0.15, -0.1) is 11.8 Å². The molecule has 0 amide bonds. The SMILES string of the molecule is CC(C)Sc1cccc(N(C)C)c1. The fourth-order valence-corrected chi connectivity index (χ4v) is 2.00. The van der Waals surface area contributed by atoms with E-state index in [0.29, 0.717) is 5.25 Å². The number of hydrogen-bond donors (Lipinski definition) is 0. The van der Waals surface area contributed by atoms with Crippen molar-refractivity contribution in [1.82, 2.24) is 0 Å². The van der Waals surface area contributed by atoms with Crippen LogP contribution in [-0.2, 0) is 0 Å².